The summed E-state index contributed by atoms with van der Waals surface area (Å²) in [6.07, 6.45) is -1.20. The second-order valence-corrected chi connectivity index (χ2v) is 6.70. The van der Waals surface area contributed by atoms with Crippen LogP contribution in [-0.4, -0.2) is 45.6 Å². The molecule has 0 unspecified atom stereocenters. The summed E-state index contributed by atoms with van der Waals surface area (Å²) >= 11 is 5.76. The minimum atomic E-state index is -4.75. The molecule has 0 spiro atoms. The molecular formula is C16H17ClF3N5O2. The Morgan fingerprint density at radius 1 is 1.26 bits per heavy atom. The fourth-order valence-electron chi connectivity index (χ4n) is 3.06. The number of rotatable bonds is 4. The average Bonchev–Trinajstić information content (AvgIpc) is 2.99. The maximum atomic E-state index is 13.0. The third-order valence-corrected chi connectivity index (χ3v) is 4.88. The first kappa shape index (κ1) is 19.4. The predicted octanol–water partition coefficient (Wildman–Crippen LogP) is 3.32. The Labute approximate surface area is 158 Å². The Hall–Kier alpha value is -2.33. The van der Waals surface area contributed by atoms with Gasteiger partial charge in [0.05, 0.1) is 22.1 Å². The molecule has 1 saturated heterocycles. The molecule has 0 saturated carbocycles. The van der Waals surface area contributed by atoms with Crippen molar-refractivity contribution in [3.05, 3.63) is 51.1 Å². The van der Waals surface area contributed by atoms with Gasteiger partial charge in [-0.3, -0.25) is 15.0 Å². The maximum absolute atomic E-state index is 13.0. The Bertz CT molecular complexity index is 847. The number of imidazole rings is 1. The minimum absolute atomic E-state index is 0.106. The number of hydrogen-bond acceptors (Lipinski definition) is 5. The van der Waals surface area contributed by atoms with Crippen LogP contribution in [0.25, 0.3) is 0 Å². The standard InChI is InChI=1S/C16H17ClF3N5O2/c1-22-3-2-21-15(22)10-23-4-6-24(7-5-23)13-9-12(17)11(16(18,19)20)8-14(13)25(26)27/h2-3,8-9H,4-7,10H2,1H3. The monoisotopic (exact) mass is 403 g/mol. The summed E-state index contributed by atoms with van der Waals surface area (Å²) in [7, 11) is 1.89. The van der Waals surface area contributed by atoms with Gasteiger partial charge in [0.25, 0.3) is 5.69 Å². The number of nitro groups is 1. The van der Waals surface area contributed by atoms with Crippen molar-refractivity contribution in [2.45, 2.75) is 12.7 Å². The molecule has 1 aromatic carbocycles. The molecule has 1 aliphatic rings. The van der Waals surface area contributed by atoms with Gasteiger partial charge < -0.3 is 9.47 Å². The summed E-state index contributed by atoms with van der Waals surface area (Å²) in [5.74, 6) is 0.895. The zero-order valence-corrected chi connectivity index (χ0v) is 15.2. The van der Waals surface area contributed by atoms with E-state index in [0.29, 0.717) is 38.8 Å². The number of anilines is 1. The number of aromatic nitrogens is 2. The molecule has 0 radical (unpaired) electrons. The van der Waals surface area contributed by atoms with Crippen molar-refractivity contribution >= 4 is 23.0 Å². The van der Waals surface area contributed by atoms with E-state index >= 15 is 0 Å². The summed E-state index contributed by atoms with van der Waals surface area (Å²) < 4.78 is 40.9. The molecule has 0 atom stereocenters. The van der Waals surface area contributed by atoms with Crippen molar-refractivity contribution in [1.82, 2.24) is 14.5 Å². The Morgan fingerprint density at radius 2 is 1.93 bits per heavy atom. The second-order valence-electron chi connectivity index (χ2n) is 6.29. The number of aryl methyl sites for hydroxylation is 1. The molecule has 2 aromatic rings. The van der Waals surface area contributed by atoms with Crippen LogP contribution in [0.1, 0.15) is 11.4 Å². The van der Waals surface area contributed by atoms with E-state index in [1.54, 1.807) is 11.1 Å². The van der Waals surface area contributed by atoms with Gasteiger partial charge in [-0.2, -0.15) is 13.2 Å². The number of nitrogens with zero attached hydrogens (tertiary/aromatic N) is 5. The number of benzene rings is 1. The smallest absolute Gasteiger partial charge is 0.363 e. The fraction of sp³-hybridized carbons (Fsp3) is 0.438. The molecule has 7 nitrogen and oxygen atoms in total. The van der Waals surface area contributed by atoms with Crippen LogP contribution in [0.15, 0.2) is 24.5 Å². The Morgan fingerprint density at radius 3 is 2.44 bits per heavy atom. The van der Waals surface area contributed by atoms with Gasteiger partial charge >= 0.3 is 6.18 Å². The molecule has 1 aromatic heterocycles. The average molecular weight is 404 g/mol. The molecule has 0 amide bonds. The van der Waals surface area contributed by atoms with Crippen LogP contribution >= 0.6 is 11.6 Å². The molecule has 1 fully saturated rings. The van der Waals surface area contributed by atoms with Crippen molar-refractivity contribution in [3.63, 3.8) is 0 Å². The third kappa shape index (κ3) is 4.16. The number of alkyl halides is 3. The fourth-order valence-corrected chi connectivity index (χ4v) is 3.33. The van der Waals surface area contributed by atoms with Gasteiger partial charge in [-0.25, -0.2) is 4.98 Å². The third-order valence-electron chi connectivity index (χ3n) is 4.57. The van der Waals surface area contributed by atoms with E-state index in [1.807, 2.05) is 17.8 Å². The van der Waals surface area contributed by atoms with Crippen LogP contribution in [0.2, 0.25) is 5.02 Å². The zero-order valence-electron chi connectivity index (χ0n) is 14.4. The molecule has 3 rings (SSSR count). The van der Waals surface area contributed by atoms with Crippen molar-refractivity contribution < 1.29 is 18.1 Å². The van der Waals surface area contributed by atoms with Crippen LogP contribution in [-0.2, 0) is 19.8 Å². The van der Waals surface area contributed by atoms with Gasteiger partial charge in [-0.1, -0.05) is 11.6 Å². The molecular weight excluding hydrogens is 387 g/mol. The van der Waals surface area contributed by atoms with E-state index in [1.165, 1.54) is 0 Å². The molecule has 1 aliphatic heterocycles. The van der Waals surface area contributed by atoms with E-state index in [-0.39, 0.29) is 5.69 Å². The lowest BCUT2D eigenvalue weighted by molar-refractivity contribution is -0.384. The van der Waals surface area contributed by atoms with Gasteiger partial charge in [0.15, 0.2) is 0 Å². The van der Waals surface area contributed by atoms with Gasteiger partial charge in [-0.05, 0) is 6.07 Å². The molecule has 0 bridgehead atoms. The second kappa shape index (κ2) is 7.35. The maximum Gasteiger partial charge on any atom is 0.418 e. The van der Waals surface area contributed by atoms with Gasteiger partial charge in [0.1, 0.15) is 11.5 Å². The van der Waals surface area contributed by atoms with E-state index in [2.05, 4.69) is 9.88 Å². The molecule has 0 N–H and O–H groups in total. The van der Waals surface area contributed by atoms with Crippen molar-refractivity contribution in [3.8, 4) is 0 Å². The van der Waals surface area contributed by atoms with Crippen molar-refractivity contribution in [2.24, 2.45) is 7.05 Å². The van der Waals surface area contributed by atoms with Crippen LogP contribution < -0.4 is 4.90 Å². The summed E-state index contributed by atoms with van der Waals surface area (Å²) in [6.45, 7) is 2.71. The largest absolute Gasteiger partial charge is 0.418 e. The number of hydrogen-bond donors (Lipinski definition) is 0. The van der Waals surface area contributed by atoms with Crippen LogP contribution in [0.3, 0.4) is 0 Å². The lowest BCUT2D eigenvalue weighted by Crippen LogP contribution is -2.46. The van der Waals surface area contributed by atoms with Crippen LogP contribution in [0, 0.1) is 10.1 Å². The molecule has 11 heteroatoms. The van der Waals surface area contributed by atoms with Gasteiger partial charge in [-0.15, -0.1) is 0 Å². The number of piperazine rings is 1. The van der Waals surface area contributed by atoms with E-state index in [4.69, 9.17) is 11.6 Å². The first-order chi connectivity index (χ1) is 12.7. The Balaban J connectivity index is 1.78. The van der Waals surface area contributed by atoms with Crippen LogP contribution in [0.4, 0.5) is 24.5 Å². The lowest BCUT2D eigenvalue weighted by Gasteiger charge is -2.35. The first-order valence-electron chi connectivity index (χ1n) is 8.15. The number of nitro benzene ring substituents is 1. The van der Waals surface area contributed by atoms with Crippen molar-refractivity contribution in [2.75, 3.05) is 31.1 Å². The quantitative estimate of drug-likeness (QED) is 0.578. The summed E-state index contributed by atoms with van der Waals surface area (Å²) in [5, 5.41) is 10.8. The molecule has 2 heterocycles. The van der Waals surface area contributed by atoms with Crippen LogP contribution in [0.5, 0.6) is 0 Å². The minimum Gasteiger partial charge on any atom is -0.363 e. The first-order valence-corrected chi connectivity index (χ1v) is 8.53. The van der Waals surface area contributed by atoms with E-state index in [9.17, 15) is 23.3 Å². The summed E-state index contributed by atoms with van der Waals surface area (Å²) in [4.78, 5) is 18.6. The molecule has 27 heavy (non-hydrogen) atoms. The molecule has 0 aliphatic carbocycles. The Kier molecular flexibility index (Phi) is 5.29. The highest BCUT2D eigenvalue weighted by Crippen LogP contribution is 2.41. The van der Waals surface area contributed by atoms with Crippen molar-refractivity contribution in [1.29, 1.82) is 0 Å². The highest BCUT2D eigenvalue weighted by Gasteiger charge is 2.37. The topological polar surface area (TPSA) is 67.4 Å². The summed E-state index contributed by atoms with van der Waals surface area (Å²) in [5.41, 5.74) is -1.69. The van der Waals surface area contributed by atoms with Gasteiger partial charge in [0, 0.05) is 51.7 Å². The highest BCUT2D eigenvalue weighted by atomic mass is 35.5. The van der Waals surface area contributed by atoms with Gasteiger partial charge in [0.2, 0.25) is 0 Å². The normalized spacial score (nSPS) is 16.0. The highest BCUT2D eigenvalue weighted by molar-refractivity contribution is 6.31. The predicted molar refractivity (Wildman–Crippen MR) is 93.8 cm³/mol. The SMILES string of the molecule is Cn1ccnc1CN1CCN(c2cc(Cl)c(C(F)(F)F)cc2[N+](=O)[O-])CC1. The van der Waals surface area contributed by atoms with E-state index in [0.717, 1.165) is 11.9 Å². The van der Waals surface area contributed by atoms with E-state index < -0.39 is 27.4 Å². The number of halogens is 4. The lowest BCUT2D eigenvalue weighted by atomic mass is 10.1. The zero-order chi connectivity index (χ0) is 19.8. The summed E-state index contributed by atoms with van der Waals surface area (Å²) in [6, 6.07) is 1.55. The molecule has 146 valence electrons.